The van der Waals surface area contributed by atoms with E-state index in [0.717, 1.165) is 10.0 Å². The molecule has 0 heterocycles. The number of hydrogen-bond donors (Lipinski definition) is 3. The first-order chi connectivity index (χ1) is 7.90. The van der Waals surface area contributed by atoms with E-state index in [0.29, 0.717) is 5.69 Å². The van der Waals surface area contributed by atoms with Crippen LogP contribution >= 0.6 is 15.9 Å². The second kappa shape index (κ2) is 5.79. The fourth-order valence-corrected chi connectivity index (χ4v) is 1.55. The summed E-state index contributed by atoms with van der Waals surface area (Å²) in [4.78, 5) is 21.9. The van der Waals surface area contributed by atoms with Crippen LogP contribution in [0.1, 0.15) is 12.0 Å². The molecule has 0 saturated heterocycles. The number of carbonyl (C=O) groups excluding carboxylic acids is 1. The lowest BCUT2D eigenvalue weighted by Crippen LogP contribution is -2.34. The molecule has 1 unspecified atom stereocenters. The Morgan fingerprint density at radius 1 is 1.53 bits per heavy atom. The van der Waals surface area contributed by atoms with Crippen LogP contribution < -0.4 is 11.1 Å². The maximum atomic E-state index is 11.5. The molecule has 0 aromatic heterocycles. The third-order valence-corrected chi connectivity index (χ3v) is 3.03. The molecule has 0 aliphatic rings. The van der Waals surface area contributed by atoms with Crippen LogP contribution in [0, 0.1) is 6.92 Å². The largest absolute Gasteiger partial charge is 0.480 e. The molecule has 0 radical (unpaired) electrons. The third-order valence-electron chi connectivity index (χ3n) is 2.18. The minimum absolute atomic E-state index is 0.249. The maximum absolute atomic E-state index is 11.5. The van der Waals surface area contributed by atoms with E-state index in [2.05, 4.69) is 21.2 Å². The van der Waals surface area contributed by atoms with Crippen molar-refractivity contribution in [3.05, 3.63) is 28.2 Å². The number of halogens is 1. The summed E-state index contributed by atoms with van der Waals surface area (Å²) in [5, 5.41) is 11.1. The van der Waals surface area contributed by atoms with E-state index in [-0.39, 0.29) is 6.42 Å². The quantitative estimate of drug-likeness (QED) is 0.785. The third kappa shape index (κ3) is 4.16. The summed E-state index contributed by atoms with van der Waals surface area (Å²) in [6.45, 7) is 1.93. The lowest BCUT2D eigenvalue weighted by atomic mass is 10.2. The van der Waals surface area contributed by atoms with E-state index in [1.54, 1.807) is 12.1 Å². The summed E-state index contributed by atoms with van der Waals surface area (Å²) in [5.74, 6) is -1.61. The number of carboxylic acid groups (broad SMARTS) is 1. The van der Waals surface area contributed by atoms with Gasteiger partial charge < -0.3 is 16.2 Å². The van der Waals surface area contributed by atoms with Crippen LogP contribution in [0.4, 0.5) is 5.69 Å². The molecule has 0 saturated carbocycles. The molecule has 0 fully saturated rings. The van der Waals surface area contributed by atoms with Gasteiger partial charge in [-0.25, -0.2) is 0 Å². The highest BCUT2D eigenvalue weighted by Crippen LogP contribution is 2.20. The number of carboxylic acids is 1. The van der Waals surface area contributed by atoms with Crippen molar-refractivity contribution in [2.75, 3.05) is 5.32 Å². The molecular weight excluding hydrogens is 288 g/mol. The van der Waals surface area contributed by atoms with Gasteiger partial charge in [0.25, 0.3) is 0 Å². The van der Waals surface area contributed by atoms with Crippen molar-refractivity contribution in [1.29, 1.82) is 0 Å². The minimum Gasteiger partial charge on any atom is -0.480 e. The molecule has 1 aromatic rings. The van der Waals surface area contributed by atoms with Gasteiger partial charge in [0.15, 0.2) is 0 Å². The minimum atomic E-state index is -1.19. The van der Waals surface area contributed by atoms with E-state index in [1.165, 1.54) is 0 Å². The summed E-state index contributed by atoms with van der Waals surface area (Å²) in [5.41, 5.74) is 6.90. The van der Waals surface area contributed by atoms with Crippen molar-refractivity contribution in [3.8, 4) is 0 Å². The number of nitrogens with one attached hydrogen (secondary N) is 1. The molecule has 1 atom stereocenters. The second-order valence-corrected chi connectivity index (χ2v) is 4.52. The van der Waals surface area contributed by atoms with Gasteiger partial charge in [-0.2, -0.15) is 0 Å². The Kier molecular flexibility index (Phi) is 4.65. The molecule has 1 rings (SSSR count). The zero-order chi connectivity index (χ0) is 13.0. The Morgan fingerprint density at radius 2 is 2.18 bits per heavy atom. The molecule has 92 valence electrons. The molecular formula is C11H13BrN2O3. The summed E-state index contributed by atoms with van der Waals surface area (Å²) in [6.07, 6.45) is -0.249. The van der Waals surface area contributed by atoms with Crippen molar-refractivity contribution in [1.82, 2.24) is 0 Å². The first-order valence-corrected chi connectivity index (χ1v) is 5.74. The predicted molar refractivity (Wildman–Crippen MR) is 67.7 cm³/mol. The predicted octanol–water partition coefficient (Wildman–Crippen LogP) is 1.50. The van der Waals surface area contributed by atoms with Gasteiger partial charge >= 0.3 is 5.97 Å². The number of hydrogen-bond acceptors (Lipinski definition) is 3. The molecule has 17 heavy (non-hydrogen) atoms. The van der Waals surface area contributed by atoms with Crippen molar-refractivity contribution >= 4 is 33.5 Å². The molecule has 0 aliphatic heterocycles. The van der Waals surface area contributed by atoms with Crippen LogP contribution in [0.15, 0.2) is 22.7 Å². The maximum Gasteiger partial charge on any atom is 0.321 e. The van der Waals surface area contributed by atoms with Gasteiger partial charge in [0.1, 0.15) is 6.04 Å². The van der Waals surface area contributed by atoms with Crippen molar-refractivity contribution in [3.63, 3.8) is 0 Å². The molecule has 0 bridgehead atoms. The number of nitrogens with two attached hydrogens (primary N) is 1. The van der Waals surface area contributed by atoms with E-state index >= 15 is 0 Å². The monoisotopic (exact) mass is 300 g/mol. The standard InChI is InChI=1S/C11H13BrN2O3/c1-6-2-3-7(4-8(6)12)14-10(15)5-9(13)11(16)17/h2-4,9H,5,13H2,1H3,(H,14,15)(H,16,17). The average molecular weight is 301 g/mol. The number of anilines is 1. The van der Waals surface area contributed by atoms with Crippen LogP contribution in [-0.4, -0.2) is 23.0 Å². The summed E-state index contributed by atoms with van der Waals surface area (Å²) < 4.78 is 0.873. The highest BCUT2D eigenvalue weighted by atomic mass is 79.9. The summed E-state index contributed by atoms with van der Waals surface area (Å²) in [7, 11) is 0. The van der Waals surface area contributed by atoms with Gasteiger partial charge in [0, 0.05) is 10.2 Å². The van der Waals surface area contributed by atoms with Crippen LogP contribution in [-0.2, 0) is 9.59 Å². The van der Waals surface area contributed by atoms with E-state index in [4.69, 9.17) is 10.8 Å². The van der Waals surface area contributed by atoms with Crippen LogP contribution in [0.25, 0.3) is 0 Å². The highest BCUT2D eigenvalue weighted by Gasteiger charge is 2.16. The number of rotatable bonds is 4. The molecule has 1 amide bonds. The van der Waals surface area contributed by atoms with E-state index < -0.39 is 17.9 Å². The van der Waals surface area contributed by atoms with Crippen LogP contribution in [0.3, 0.4) is 0 Å². The zero-order valence-electron chi connectivity index (χ0n) is 9.24. The van der Waals surface area contributed by atoms with Crippen molar-refractivity contribution < 1.29 is 14.7 Å². The van der Waals surface area contributed by atoms with E-state index in [1.807, 2.05) is 13.0 Å². The summed E-state index contributed by atoms with van der Waals surface area (Å²) in [6, 6.07) is 4.16. The fourth-order valence-electron chi connectivity index (χ4n) is 1.17. The van der Waals surface area contributed by atoms with Gasteiger partial charge in [-0.15, -0.1) is 0 Å². The van der Waals surface area contributed by atoms with Crippen LogP contribution in [0.5, 0.6) is 0 Å². The fraction of sp³-hybridized carbons (Fsp3) is 0.273. The number of aryl methyl sites for hydroxylation is 1. The topological polar surface area (TPSA) is 92.4 Å². The second-order valence-electron chi connectivity index (χ2n) is 3.66. The zero-order valence-corrected chi connectivity index (χ0v) is 10.8. The van der Waals surface area contributed by atoms with Crippen molar-refractivity contribution in [2.24, 2.45) is 5.73 Å². The molecule has 1 aromatic carbocycles. The molecule has 0 aliphatic carbocycles. The Morgan fingerprint density at radius 3 is 2.71 bits per heavy atom. The SMILES string of the molecule is Cc1ccc(NC(=O)CC(N)C(=O)O)cc1Br. The average Bonchev–Trinajstić information content (AvgIpc) is 2.23. The Bertz CT molecular complexity index is 448. The van der Waals surface area contributed by atoms with Gasteiger partial charge in [-0.05, 0) is 24.6 Å². The van der Waals surface area contributed by atoms with Gasteiger partial charge in [0.2, 0.25) is 5.91 Å². The molecule has 6 heteroatoms. The number of aliphatic carboxylic acids is 1. The molecule has 5 nitrogen and oxygen atoms in total. The Balaban J connectivity index is 2.62. The normalized spacial score (nSPS) is 11.9. The molecule has 0 spiro atoms. The number of carbonyl (C=O) groups is 2. The highest BCUT2D eigenvalue weighted by molar-refractivity contribution is 9.10. The molecule has 4 N–H and O–H groups in total. The summed E-state index contributed by atoms with van der Waals surface area (Å²) >= 11 is 3.34. The first kappa shape index (κ1) is 13.7. The lowest BCUT2D eigenvalue weighted by Gasteiger charge is -2.08. The van der Waals surface area contributed by atoms with Crippen molar-refractivity contribution in [2.45, 2.75) is 19.4 Å². The first-order valence-electron chi connectivity index (χ1n) is 4.94. The smallest absolute Gasteiger partial charge is 0.321 e. The van der Waals surface area contributed by atoms with Gasteiger partial charge in [-0.1, -0.05) is 22.0 Å². The lowest BCUT2D eigenvalue weighted by molar-refractivity contribution is -0.140. The Hall–Kier alpha value is -1.40. The van der Waals surface area contributed by atoms with Gasteiger partial charge in [0.05, 0.1) is 6.42 Å². The number of benzene rings is 1. The van der Waals surface area contributed by atoms with Crippen LogP contribution in [0.2, 0.25) is 0 Å². The Labute approximate surface area is 107 Å². The van der Waals surface area contributed by atoms with Gasteiger partial charge in [-0.3, -0.25) is 9.59 Å². The van der Waals surface area contributed by atoms with E-state index in [9.17, 15) is 9.59 Å². The number of amides is 1.